The van der Waals surface area contributed by atoms with E-state index in [1.165, 1.54) is 34.4 Å². The van der Waals surface area contributed by atoms with Crippen LogP contribution in [-0.4, -0.2) is 83.9 Å². The van der Waals surface area contributed by atoms with Crippen molar-refractivity contribution in [1.29, 1.82) is 0 Å². The molecule has 11 heteroatoms. The van der Waals surface area contributed by atoms with Crippen LogP contribution in [0.3, 0.4) is 0 Å². The number of carboxylic acids is 2. The van der Waals surface area contributed by atoms with Crippen LogP contribution in [0, 0.1) is 11.7 Å². The normalized spacial score (nSPS) is 12.6. The minimum atomic E-state index is -0.869. The van der Waals surface area contributed by atoms with Crippen molar-refractivity contribution in [2.45, 2.75) is 85.6 Å². The molecule has 0 heterocycles. The van der Waals surface area contributed by atoms with Gasteiger partial charge in [-0.15, -0.1) is 0 Å². The van der Waals surface area contributed by atoms with Gasteiger partial charge in [-0.05, 0) is 92.0 Å². The Morgan fingerprint density at radius 3 is 1.91 bits per heavy atom. The van der Waals surface area contributed by atoms with Gasteiger partial charge in [-0.1, -0.05) is 108 Å². The van der Waals surface area contributed by atoms with Crippen LogP contribution in [0.1, 0.15) is 54.0 Å². The fourth-order valence-corrected chi connectivity index (χ4v) is 7.45. The number of benzene rings is 4. The SMILES string of the molecule is CCN(CC(=O)O)C(COc1ccccc1Sc1ccc(C(C)(C)C)cc1)C(C)C.C[C@@H](CN(C)CC(=O)O)Oc1ccccc1Sc1cccc(F)c1. The van der Waals surface area contributed by atoms with Crippen molar-refractivity contribution in [1.82, 2.24) is 9.80 Å². The predicted octanol–water partition coefficient (Wildman–Crippen LogP) is 9.71. The van der Waals surface area contributed by atoms with Gasteiger partial charge in [-0.2, -0.15) is 0 Å². The first-order chi connectivity index (χ1) is 25.5. The molecule has 0 fully saturated rings. The van der Waals surface area contributed by atoms with E-state index in [2.05, 4.69) is 65.0 Å². The first kappa shape index (κ1) is 44.4. The third-order valence-corrected chi connectivity index (χ3v) is 10.5. The maximum Gasteiger partial charge on any atom is 0.317 e. The Bertz CT molecular complexity index is 1770. The third kappa shape index (κ3) is 15.4. The monoisotopic (exact) mass is 778 g/mol. The molecule has 2 N–H and O–H groups in total. The molecule has 0 aromatic heterocycles. The first-order valence-corrected chi connectivity index (χ1v) is 19.7. The number of ether oxygens (including phenoxy) is 2. The van der Waals surface area contributed by atoms with Crippen LogP contribution in [0.15, 0.2) is 117 Å². The highest BCUT2D eigenvalue weighted by atomic mass is 32.2. The molecule has 0 aliphatic carbocycles. The van der Waals surface area contributed by atoms with Crippen molar-refractivity contribution in [3.05, 3.63) is 108 Å². The number of hydrogen-bond donors (Lipinski definition) is 2. The second kappa shape index (κ2) is 21.8. The minimum Gasteiger partial charge on any atom is -0.491 e. The van der Waals surface area contributed by atoms with Crippen LogP contribution in [-0.2, 0) is 15.0 Å². The van der Waals surface area contributed by atoms with Crippen molar-refractivity contribution >= 4 is 35.5 Å². The summed E-state index contributed by atoms with van der Waals surface area (Å²) in [6, 6.07) is 30.7. The molecule has 0 saturated heterocycles. The van der Waals surface area contributed by atoms with Crippen molar-refractivity contribution < 1.29 is 33.7 Å². The summed E-state index contributed by atoms with van der Waals surface area (Å²) in [6.45, 7) is 16.4. The molecule has 292 valence electrons. The van der Waals surface area contributed by atoms with E-state index in [-0.39, 0.29) is 42.4 Å². The predicted molar refractivity (Wildman–Crippen MR) is 217 cm³/mol. The summed E-state index contributed by atoms with van der Waals surface area (Å²) in [7, 11) is 1.74. The fraction of sp³-hybridized carbons (Fsp3) is 0.395. The molecule has 8 nitrogen and oxygen atoms in total. The van der Waals surface area contributed by atoms with E-state index >= 15 is 0 Å². The Morgan fingerprint density at radius 1 is 0.778 bits per heavy atom. The van der Waals surface area contributed by atoms with Gasteiger partial charge in [0.05, 0.1) is 22.9 Å². The topological polar surface area (TPSA) is 99.5 Å². The smallest absolute Gasteiger partial charge is 0.317 e. The molecule has 0 aliphatic heterocycles. The molecule has 2 atom stereocenters. The molecule has 4 aromatic carbocycles. The Labute approximate surface area is 329 Å². The molecule has 0 radical (unpaired) electrons. The Balaban J connectivity index is 0.000000297. The summed E-state index contributed by atoms with van der Waals surface area (Å²) < 4.78 is 25.5. The Hall–Kier alpha value is -4.03. The molecular weight excluding hydrogens is 724 g/mol. The lowest BCUT2D eigenvalue weighted by Crippen LogP contribution is -2.45. The van der Waals surface area contributed by atoms with Crippen LogP contribution in [0.2, 0.25) is 0 Å². The van der Waals surface area contributed by atoms with E-state index in [0.29, 0.717) is 25.4 Å². The number of nitrogens with zero attached hydrogens (tertiary/aromatic N) is 2. The molecule has 1 unspecified atom stereocenters. The summed E-state index contributed by atoms with van der Waals surface area (Å²) in [5, 5.41) is 18.0. The largest absolute Gasteiger partial charge is 0.491 e. The van der Waals surface area contributed by atoms with Gasteiger partial charge in [0.2, 0.25) is 0 Å². The molecule has 0 bridgehead atoms. The van der Waals surface area contributed by atoms with Crippen LogP contribution in [0.25, 0.3) is 0 Å². The maximum atomic E-state index is 13.3. The van der Waals surface area contributed by atoms with E-state index in [1.807, 2.05) is 67.3 Å². The molecule has 0 amide bonds. The van der Waals surface area contributed by atoms with Crippen molar-refractivity contribution in [3.63, 3.8) is 0 Å². The summed E-state index contributed by atoms with van der Waals surface area (Å²) >= 11 is 3.11. The van der Waals surface area contributed by atoms with Gasteiger partial charge in [0, 0.05) is 22.4 Å². The number of para-hydroxylation sites is 2. The van der Waals surface area contributed by atoms with E-state index in [1.54, 1.807) is 29.8 Å². The fourth-order valence-electron chi connectivity index (χ4n) is 5.61. The zero-order valence-corrected chi connectivity index (χ0v) is 34.3. The lowest BCUT2D eigenvalue weighted by atomic mass is 9.87. The highest BCUT2D eigenvalue weighted by molar-refractivity contribution is 7.99. The molecule has 4 rings (SSSR count). The number of carbonyl (C=O) groups is 2. The molecular formula is C43H55FN2O6S2. The van der Waals surface area contributed by atoms with Gasteiger partial charge in [0.1, 0.15) is 30.0 Å². The van der Waals surface area contributed by atoms with Crippen molar-refractivity contribution in [3.8, 4) is 11.5 Å². The molecule has 0 aliphatic rings. The number of halogens is 1. The zero-order valence-electron chi connectivity index (χ0n) is 32.6. The molecule has 4 aromatic rings. The second-order valence-electron chi connectivity index (χ2n) is 14.4. The number of likely N-dealkylation sites (N-methyl/N-ethyl adjacent to an activating group) is 2. The average molecular weight is 779 g/mol. The second-order valence-corrected chi connectivity index (χ2v) is 16.7. The average Bonchev–Trinajstić information content (AvgIpc) is 3.09. The van der Waals surface area contributed by atoms with E-state index in [9.17, 15) is 19.1 Å². The number of hydrogen-bond acceptors (Lipinski definition) is 8. The van der Waals surface area contributed by atoms with Gasteiger partial charge in [0.25, 0.3) is 0 Å². The maximum absolute atomic E-state index is 13.3. The molecule has 0 saturated carbocycles. The van der Waals surface area contributed by atoms with Crippen LogP contribution >= 0.6 is 23.5 Å². The summed E-state index contributed by atoms with van der Waals surface area (Å²) in [5.74, 6) is -0.137. The number of aliphatic carboxylic acids is 2. The van der Waals surface area contributed by atoms with Crippen molar-refractivity contribution in [2.24, 2.45) is 5.92 Å². The van der Waals surface area contributed by atoms with Crippen molar-refractivity contribution in [2.75, 3.05) is 39.8 Å². The number of rotatable bonds is 18. The lowest BCUT2D eigenvalue weighted by Gasteiger charge is -2.32. The highest BCUT2D eigenvalue weighted by Crippen LogP contribution is 2.37. The van der Waals surface area contributed by atoms with E-state index in [0.717, 1.165) is 20.4 Å². The van der Waals surface area contributed by atoms with Gasteiger partial charge < -0.3 is 19.7 Å². The van der Waals surface area contributed by atoms with Crippen LogP contribution in [0.5, 0.6) is 11.5 Å². The van der Waals surface area contributed by atoms with Gasteiger partial charge >= 0.3 is 11.9 Å². The Morgan fingerprint density at radius 2 is 1.35 bits per heavy atom. The van der Waals surface area contributed by atoms with E-state index < -0.39 is 11.9 Å². The quantitative estimate of drug-likeness (QED) is 0.102. The summed E-state index contributed by atoms with van der Waals surface area (Å²) in [4.78, 5) is 29.5. The highest BCUT2D eigenvalue weighted by Gasteiger charge is 2.24. The van der Waals surface area contributed by atoms with Crippen LogP contribution < -0.4 is 9.47 Å². The molecule has 0 spiro atoms. The Kier molecular flexibility index (Phi) is 17.9. The first-order valence-electron chi connectivity index (χ1n) is 18.1. The summed E-state index contributed by atoms with van der Waals surface area (Å²) in [5.41, 5.74) is 1.45. The third-order valence-electron chi connectivity index (χ3n) is 8.37. The van der Waals surface area contributed by atoms with Gasteiger partial charge in [-0.3, -0.25) is 19.4 Å². The van der Waals surface area contributed by atoms with E-state index in [4.69, 9.17) is 14.6 Å². The standard InChI is InChI=1S/C25H35NO3S.C18H20FNO3S/c1-7-26(16-24(27)28)21(18(2)3)17-29-22-10-8-9-11-23(22)30-20-14-12-19(13-15-20)25(4,5)6;1-13(11-20(2)12-18(21)22)23-16-8-3-4-9-17(16)24-15-7-5-6-14(19)10-15/h8-15,18,21H,7,16-17H2,1-6H3,(H,27,28);3-10,13H,11-12H2,1-2H3,(H,21,22)/t;13-/m.0/s1. The molecule has 54 heavy (non-hydrogen) atoms. The summed E-state index contributed by atoms with van der Waals surface area (Å²) in [6.07, 6.45) is -0.177. The lowest BCUT2D eigenvalue weighted by molar-refractivity contribution is -0.139. The van der Waals surface area contributed by atoms with Crippen LogP contribution in [0.4, 0.5) is 4.39 Å². The number of carboxylic acid groups (broad SMARTS) is 2. The zero-order chi connectivity index (χ0) is 39.8. The van der Waals surface area contributed by atoms with Gasteiger partial charge in [0.15, 0.2) is 0 Å². The minimum absolute atomic E-state index is 0.0270. The van der Waals surface area contributed by atoms with Gasteiger partial charge in [-0.25, -0.2) is 4.39 Å².